The number of nitrogens with two attached hydrogens (primary N) is 1. The van der Waals surface area contributed by atoms with Crippen molar-refractivity contribution in [3.63, 3.8) is 0 Å². The maximum absolute atomic E-state index is 5.88. The average Bonchev–Trinajstić information content (AvgIpc) is 2.36. The minimum Gasteiger partial charge on any atom is -0.497 e. The molecule has 0 bridgehead atoms. The number of benzene rings is 2. The SMILES string of the molecule is COc1cc(N)cc(COc2cccc(Cl)c2)c1. The number of anilines is 1. The molecule has 2 aromatic rings. The minimum absolute atomic E-state index is 0.418. The quantitative estimate of drug-likeness (QED) is 0.859. The summed E-state index contributed by atoms with van der Waals surface area (Å²) < 4.78 is 10.8. The molecule has 0 aromatic heterocycles. The molecule has 0 saturated heterocycles. The lowest BCUT2D eigenvalue weighted by Gasteiger charge is -2.09. The third-order valence-electron chi connectivity index (χ3n) is 2.43. The molecule has 0 unspecified atom stereocenters. The molecule has 94 valence electrons. The Morgan fingerprint density at radius 3 is 2.67 bits per heavy atom. The number of ether oxygens (including phenoxy) is 2. The van der Waals surface area contributed by atoms with Gasteiger partial charge in [0.15, 0.2) is 0 Å². The number of methoxy groups -OCH3 is 1. The number of nitrogen functional groups attached to an aromatic ring is 1. The fraction of sp³-hybridized carbons (Fsp3) is 0.143. The molecule has 2 aromatic carbocycles. The van der Waals surface area contributed by atoms with E-state index in [1.54, 1.807) is 25.3 Å². The lowest BCUT2D eigenvalue weighted by Crippen LogP contribution is -1.98. The van der Waals surface area contributed by atoms with Gasteiger partial charge >= 0.3 is 0 Å². The highest BCUT2D eigenvalue weighted by Gasteiger charge is 2.01. The summed E-state index contributed by atoms with van der Waals surface area (Å²) in [5.41, 5.74) is 7.37. The van der Waals surface area contributed by atoms with Crippen molar-refractivity contribution < 1.29 is 9.47 Å². The van der Waals surface area contributed by atoms with Gasteiger partial charge in [-0.25, -0.2) is 0 Å². The van der Waals surface area contributed by atoms with Crippen LogP contribution in [-0.4, -0.2) is 7.11 Å². The van der Waals surface area contributed by atoms with E-state index >= 15 is 0 Å². The molecule has 0 radical (unpaired) electrons. The van der Waals surface area contributed by atoms with Crippen molar-refractivity contribution in [1.82, 2.24) is 0 Å². The van der Waals surface area contributed by atoms with Gasteiger partial charge in [-0.15, -0.1) is 0 Å². The second kappa shape index (κ2) is 5.65. The molecule has 3 nitrogen and oxygen atoms in total. The van der Waals surface area contributed by atoms with Crippen LogP contribution in [0.3, 0.4) is 0 Å². The van der Waals surface area contributed by atoms with Crippen LogP contribution in [0, 0.1) is 0 Å². The molecule has 0 aliphatic rings. The molecule has 0 aliphatic carbocycles. The first-order chi connectivity index (χ1) is 8.67. The van der Waals surface area contributed by atoms with Gasteiger partial charge in [0.25, 0.3) is 0 Å². The first-order valence-corrected chi connectivity index (χ1v) is 5.87. The third kappa shape index (κ3) is 3.31. The Morgan fingerprint density at radius 2 is 1.94 bits per heavy atom. The topological polar surface area (TPSA) is 44.5 Å². The van der Waals surface area contributed by atoms with E-state index in [-0.39, 0.29) is 0 Å². The molecular formula is C14H14ClNO2. The number of hydrogen-bond acceptors (Lipinski definition) is 3. The Bertz CT molecular complexity index is 543. The van der Waals surface area contributed by atoms with Crippen LogP contribution in [0.1, 0.15) is 5.56 Å². The van der Waals surface area contributed by atoms with Gasteiger partial charge in [-0.05, 0) is 35.9 Å². The average molecular weight is 264 g/mol. The van der Waals surface area contributed by atoms with Gasteiger partial charge in [0.05, 0.1) is 7.11 Å². The summed E-state index contributed by atoms with van der Waals surface area (Å²) >= 11 is 5.88. The standard InChI is InChI=1S/C14H14ClNO2/c1-17-14-6-10(5-12(16)8-14)9-18-13-4-2-3-11(15)7-13/h2-8H,9,16H2,1H3. The Labute approximate surface area is 111 Å². The van der Waals surface area contributed by atoms with Crippen molar-refractivity contribution in [3.05, 3.63) is 53.1 Å². The Balaban J connectivity index is 2.08. The van der Waals surface area contributed by atoms with E-state index in [2.05, 4.69) is 0 Å². The van der Waals surface area contributed by atoms with Crippen LogP contribution in [0.5, 0.6) is 11.5 Å². The number of halogens is 1. The summed E-state index contributed by atoms with van der Waals surface area (Å²) in [5, 5.41) is 0.651. The molecule has 0 heterocycles. The van der Waals surface area contributed by atoms with E-state index < -0.39 is 0 Å². The molecule has 0 fully saturated rings. The van der Waals surface area contributed by atoms with E-state index in [1.165, 1.54) is 0 Å². The molecular weight excluding hydrogens is 250 g/mol. The van der Waals surface area contributed by atoms with E-state index in [9.17, 15) is 0 Å². The normalized spacial score (nSPS) is 10.1. The van der Waals surface area contributed by atoms with Crippen molar-refractivity contribution in [1.29, 1.82) is 0 Å². The van der Waals surface area contributed by atoms with Gasteiger partial charge in [0, 0.05) is 16.8 Å². The van der Waals surface area contributed by atoms with Crippen LogP contribution in [0.2, 0.25) is 5.02 Å². The van der Waals surface area contributed by atoms with Crippen LogP contribution in [0.4, 0.5) is 5.69 Å². The fourth-order valence-electron chi connectivity index (χ4n) is 1.61. The van der Waals surface area contributed by atoms with Gasteiger partial charge in [0.2, 0.25) is 0 Å². The van der Waals surface area contributed by atoms with Crippen LogP contribution in [0.15, 0.2) is 42.5 Å². The zero-order chi connectivity index (χ0) is 13.0. The molecule has 0 saturated carbocycles. The summed E-state index contributed by atoms with van der Waals surface area (Å²) in [6.07, 6.45) is 0. The van der Waals surface area contributed by atoms with Gasteiger partial charge < -0.3 is 15.2 Å². The second-order valence-corrected chi connectivity index (χ2v) is 4.30. The van der Waals surface area contributed by atoms with E-state index in [1.807, 2.05) is 24.3 Å². The highest BCUT2D eigenvalue weighted by Crippen LogP contribution is 2.21. The molecule has 4 heteroatoms. The summed E-state index contributed by atoms with van der Waals surface area (Å²) in [5.74, 6) is 1.45. The van der Waals surface area contributed by atoms with E-state index in [0.717, 1.165) is 17.1 Å². The van der Waals surface area contributed by atoms with Crippen LogP contribution >= 0.6 is 11.6 Å². The zero-order valence-corrected chi connectivity index (χ0v) is 10.8. The van der Waals surface area contributed by atoms with Crippen LogP contribution in [0.25, 0.3) is 0 Å². The molecule has 2 N–H and O–H groups in total. The van der Waals surface area contributed by atoms with Crippen molar-refractivity contribution in [2.45, 2.75) is 6.61 Å². The predicted octanol–water partition coefficient (Wildman–Crippen LogP) is 3.51. The number of hydrogen-bond donors (Lipinski definition) is 1. The number of rotatable bonds is 4. The van der Waals surface area contributed by atoms with Gasteiger partial charge in [-0.2, -0.15) is 0 Å². The maximum atomic E-state index is 5.88. The molecule has 18 heavy (non-hydrogen) atoms. The van der Waals surface area contributed by atoms with Crippen molar-refractivity contribution in [3.8, 4) is 11.5 Å². The molecule has 0 spiro atoms. The Kier molecular flexibility index (Phi) is 3.95. The lowest BCUT2D eigenvalue weighted by atomic mass is 10.2. The summed E-state index contributed by atoms with van der Waals surface area (Å²) in [4.78, 5) is 0. The van der Waals surface area contributed by atoms with Gasteiger partial charge in [-0.1, -0.05) is 17.7 Å². The largest absolute Gasteiger partial charge is 0.497 e. The van der Waals surface area contributed by atoms with Crippen molar-refractivity contribution in [2.24, 2.45) is 0 Å². The lowest BCUT2D eigenvalue weighted by molar-refractivity contribution is 0.305. The highest BCUT2D eigenvalue weighted by molar-refractivity contribution is 6.30. The first kappa shape index (κ1) is 12.6. The van der Waals surface area contributed by atoms with Gasteiger partial charge in [0.1, 0.15) is 18.1 Å². The van der Waals surface area contributed by atoms with Crippen molar-refractivity contribution in [2.75, 3.05) is 12.8 Å². The zero-order valence-electron chi connectivity index (χ0n) is 10.0. The highest BCUT2D eigenvalue weighted by atomic mass is 35.5. The summed E-state index contributed by atoms with van der Waals surface area (Å²) in [7, 11) is 1.61. The summed E-state index contributed by atoms with van der Waals surface area (Å²) in [6.45, 7) is 0.418. The molecule has 2 rings (SSSR count). The molecule has 0 aliphatic heterocycles. The van der Waals surface area contributed by atoms with E-state index in [4.69, 9.17) is 26.8 Å². The fourth-order valence-corrected chi connectivity index (χ4v) is 1.79. The Hall–Kier alpha value is -1.87. The molecule has 0 atom stereocenters. The first-order valence-electron chi connectivity index (χ1n) is 5.49. The van der Waals surface area contributed by atoms with E-state index in [0.29, 0.717) is 17.3 Å². The van der Waals surface area contributed by atoms with Crippen molar-refractivity contribution >= 4 is 17.3 Å². The predicted molar refractivity (Wildman–Crippen MR) is 73.2 cm³/mol. The van der Waals surface area contributed by atoms with Crippen LogP contribution < -0.4 is 15.2 Å². The maximum Gasteiger partial charge on any atom is 0.121 e. The van der Waals surface area contributed by atoms with Gasteiger partial charge in [-0.3, -0.25) is 0 Å². The second-order valence-electron chi connectivity index (χ2n) is 3.86. The monoisotopic (exact) mass is 263 g/mol. The summed E-state index contributed by atoms with van der Waals surface area (Å²) in [6, 6.07) is 12.8. The smallest absolute Gasteiger partial charge is 0.121 e. The molecule has 0 amide bonds. The Morgan fingerprint density at radius 1 is 1.11 bits per heavy atom. The minimum atomic E-state index is 0.418. The van der Waals surface area contributed by atoms with Crippen LogP contribution in [-0.2, 0) is 6.61 Å². The third-order valence-corrected chi connectivity index (χ3v) is 2.66.